The van der Waals surface area contributed by atoms with E-state index in [1.54, 1.807) is 18.2 Å². The van der Waals surface area contributed by atoms with Crippen molar-refractivity contribution in [3.05, 3.63) is 60.0 Å². The highest BCUT2D eigenvalue weighted by atomic mass is 32.1. The van der Waals surface area contributed by atoms with Gasteiger partial charge in [-0.3, -0.25) is 4.57 Å². The third kappa shape index (κ3) is 2.40. The van der Waals surface area contributed by atoms with Crippen molar-refractivity contribution < 1.29 is 5.11 Å². The average molecular weight is 335 g/mol. The Morgan fingerprint density at radius 2 is 1.62 bits per heavy atom. The van der Waals surface area contributed by atoms with Crippen LogP contribution in [-0.2, 0) is 0 Å². The Labute approximate surface area is 141 Å². The van der Waals surface area contributed by atoms with Crippen LogP contribution < -0.4 is 5.73 Å². The number of phenolic OH excluding ortho intramolecular Hbond substituents is 1. The summed E-state index contributed by atoms with van der Waals surface area (Å²) in [6, 6.07) is 16.7. The number of hydrogen-bond acceptors (Lipinski definition) is 6. The quantitative estimate of drug-likeness (QED) is 0.599. The molecule has 0 bridgehead atoms. The largest absolute Gasteiger partial charge is 0.507 e. The molecule has 2 aromatic heterocycles. The Morgan fingerprint density at radius 1 is 0.917 bits per heavy atom. The summed E-state index contributed by atoms with van der Waals surface area (Å²) in [7, 11) is 0. The first-order valence-electron chi connectivity index (χ1n) is 7.24. The van der Waals surface area contributed by atoms with Crippen molar-refractivity contribution in [3.63, 3.8) is 0 Å². The van der Waals surface area contributed by atoms with Gasteiger partial charge in [-0.1, -0.05) is 30.3 Å². The number of benzene rings is 2. The van der Waals surface area contributed by atoms with Crippen LogP contribution >= 0.6 is 11.3 Å². The van der Waals surface area contributed by atoms with Gasteiger partial charge in [-0.15, -0.1) is 21.5 Å². The summed E-state index contributed by atoms with van der Waals surface area (Å²) in [6.07, 6.45) is 0. The van der Waals surface area contributed by atoms with Gasteiger partial charge in [0.05, 0.1) is 5.56 Å². The number of aromatic hydroxyl groups is 1. The molecule has 7 heteroatoms. The number of para-hydroxylation sites is 2. The van der Waals surface area contributed by atoms with Gasteiger partial charge < -0.3 is 10.8 Å². The minimum atomic E-state index is 0.145. The third-order valence-electron chi connectivity index (χ3n) is 3.57. The maximum atomic E-state index is 10.2. The molecule has 0 amide bonds. The molecule has 0 atom stereocenters. The van der Waals surface area contributed by atoms with E-state index in [2.05, 4.69) is 15.2 Å². The summed E-state index contributed by atoms with van der Waals surface area (Å²) in [6.45, 7) is 0. The number of nitrogens with two attached hydrogens (primary N) is 1. The van der Waals surface area contributed by atoms with E-state index >= 15 is 0 Å². The lowest BCUT2D eigenvalue weighted by atomic mass is 10.2. The fraction of sp³-hybridized carbons (Fsp3) is 0. The molecular formula is C17H13N5OS. The van der Waals surface area contributed by atoms with Crippen LogP contribution in [0.25, 0.3) is 28.6 Å². The first-order chi connectivity index (χ1) is 11.7. The van der Waals surface area contributed by atoms with Crippen LogP contribution in [0.2, 0.25) is 0 Å². The minimum Gasteiger partial charge on any atom is -0.507 e. The molecule has 0 saturated carbocycles. The van der Waals surface area contributed by atoms with Crippen molar-refractivity contribution in [2.45, 2.75) is 0 Å². The summed E-state index contributed by atoms with van der Waals surface area (Å²) in [4.78, 5) is 4.31. The van der Waals surface area contributed by atoms with Gasteiger partial charge in [0.1, 0.15) is 11.4 Å². The molecule has 118 valence electrons. The molecule has 0 aliphatic heterocycles. The van der Waals surface area contributed by atoms with Gasteiger partial charge in [-0.05, 0) is 24.3 Å². The number of rotatable bonds is 3. The van der Waals surface area contributed by atoms with E-state index in [0.29, 0.717) is 28.0 Å². The Balaban J connectivity index is 1.99. The summed E-state index contributed by atoms with van der Waals surface area (Å²) >= 11 is 1.35. The smallest absolute Gasteiger partial charge is 0.188 e. The summed E-state index contributed by atoms with van der Waals surface area (Å²) < 4.78 is 1.86. The molecule has 2 aromatic carbocycles. The molecule has 0 unspecified atom stereocenters. The lowest BCUT2D eigenvalue weighted by Crippen LogP contribution is -2.00. The highest BCUT2D eigenvalue weighted by molar-refractivity contribution is 7.13. The molecule has 4 aromatic rings. The lowest BCUT2D eigenvalue weighted by Gasteiger charge is -2.10. The van der Waals surface area contributed by atoms with Crippen LogP contribution in [0, 0.1) is 0 Å². The molecule has 0 spiro atoms. The first kappa shape index (κ1) is 14.4. The number of hydrogen-bond donors (Lipinski definition) is 2. The van der Waals surface area contributed by atoms with Crippen LogP contribution in [0.15, 0.2) is 60.0 Å². The van der Waals surface area contributed by atoms with E-state index in [9.17, 15) is 5.11 Å². The predicted molar refractivity (Wildman–Crippen MR) is 94.0 cm³/mol. The second-order valence-electron chi connectivity index (χ2n) is 5.11. The van der Waals surface area contributed by atoms with Gasteiger partial charge in [0.15, 0.2) is 16.8 Å². The monoisotopic (exact) mass is 335 g/mol. The van der Waals surface area contributed by atoms with Gasteiger partial charge in [0, 0.05) is 11.1 Å². The van der Waals surface area contributed by atoms with Crippen molar-refractivity contribution in [2.75, 3.05) is 5.73 Å². The molecule has 0 fully saturated rings. The van der Waals surface area contributed by atoms with E-state index in [4.69, 9.17) is 5.73 Å². The van der Waals surface area contributed by atoms with E-state index in [0.717, 1.165) is 5.69 Å². The van der Waals surface area contributed by atoms with Crippen molar-refractivity contribution in [1.29, 1.82) is 0 Å². The highest BCUT2D eigenvalue weighted by Crippen LogP contribution is 2.33. The van der Waals surface area contributed by atoms with Crippen LogP contribution in [0.1, 0.15) is 0 Å². The number of nitrogen functional groups attached to an aromatic ring is 1. The highest BCUT2D eigenvalue weighted by Gasteiger charge is 2.20. The average Bonchev–Trinajstić information content (AvgIpc) is 3.22. The number of anilines is 1. The summed E-state index contributed by atoms with van der Waals surface area (Å²) in [5, 5.41) is 21.1. The fourth-order valence-corrected chi connectivity index (χ4v) is 3.04. The zero-order chi connectivity index (χ0) is 16.5. The van der Waals surface area contributed by atoms with E-state index in [-0.39, 0.29) is 5.75 Å². The number of aromatic nitrogens is 4. The number of nitrogens with zero attached hydrogens (tertiary/aromatic N) is 4. The topological polar surface area (TPSA) is 89.8 Å². The van der Waals surface area contributed by atoms with E-state index in [1.165, 1.54) is 11.3 Å². The van der Waals surface area contributed by atoms with Crippen molar-refractivity contribution in [2.24, 2.45) is 0 Å². The van der Waals surface area contributed by atoms with E-state index in [1.807, 2.05) is 46.3 Å². The second kappa shape index (κ2) is 5.78. The van der Waals surface area contributed by atoms with Crippen LogP contribution in [0.3, 0.4) is 0 Å². The van der Waals surface area contributed by atoms with Gasteiger partial charge in [-0.2, -0.15) is 0 Å². The fourth-order valence-electron chi connectivity index (χ4n) is 2.50. The summed E-state index contributed by atoms with van der Waals surface area (Å²) in [5.74, 6) is 1.26. The van der Waals surface area contributed by atoms with Gasteiger partial charge >= 0.3 is 0 Å². The van der Waals surface area contributed by atoms with Gasteiger partial charge in [-0.25, -0.2) is 4.98 Å². The number of thiazole rings is 1. The molecule has 4 rings (SSSR count). The molecule has 24 heavy (non-hydrogen) atoms. The molecule has 2 heterocycles. The maximum absolute atomic E-state index is 10.2. The van der Waals surface area contributed by atoms with Crippen molar-refractivity contribution in [3.8, 4) is 34.3 Å². The van der Waals surface area contributed by atoms with Crippen LogP contribution in [0.4, 0.5) is 5.13 Å². The van der Waals surface area contributed by atoms with Crippen molar-refractivity contribution >= 4 is 16.5 Å². The molecule has 0 saturated heterocycles. The van der Waals surface area contributed by atoms with Crippen LogP contribution in [0.5, 0.6) is 5.75 Å². The summed E-state index contributed by atoms with van der Waals surface area (Å²) in [5.41, 5.74) is 7.88. The molecular weight excluding hydrogens is 322 g/mol. The third-order valence-corrected chi connectivity index (χ3v) is 4.25. The maximum Gasteiger partial charge on any atom is 0.188 e. The predicted octanol–water partition coefficient (Wildman–Crippen LogP) is 3.35. The molecule has 0 aliphatic rings. The zero-order valence-corrected chi connectivity index (χ0v) is 13.3. The second-order valence-corrected chi connectivity index (χ2v) is 6.00. The van der Waals surface area contributed by atoms with E-state index < -0.39 is 0 Å². The normalized spacial score (nSPS) is 10.8. The van der Waals surface area contributed by atoms with Crippen LogP contribution in [-0.4, -0.2) is 24.9 Å². The first-order valence-corrected chi connectivity index (χ1v) is 8.12. The Hall–Kier alpha value is -3.19. The van der Waals surface area contributed by atoms with Gasteiger partial charge in [0.2, 0.25) is 0 Å². The number of phenols is 1. The van der Waals surface area contributed by atoms with Gasteiger partial charge in [0.25, 0.3) is 0 Å². The SMILES string of the molecule is Nc1nc(-c2nnc(-c3ccccc3O)n2-c2ccccc2)cs1. The molecule has 0 radical (unpaired) electrons. The Morgan fingerprint density at radius 3 is 2.33 bits per heavy atom. The standard InChI is InChI=1S/C17H13N5OS/c18-17-19-13(10-24-17)16-21-20-15(12-8-4-5-9-14(12)23)22(16)11-6-2-1-3-7-11/h1-10,23H,(H2,18,19). The lowest BCUT2D eigenvalue weighted by molar-refractivity contribution is 0.476. The molecule has 0 aliphatic carbocycles. The molecule has 6 nitrogen and oxygen atoms in total. The Bertz CT molecular complexity index is 993. The Kier molecular flexibility index (Phi) is 3.47. The minimum absolute atomic E-state index is 0.145. The zero-order valence-electron chi connectivity index (χ0n) is 12.5. The molecule has 3 N–H and O–H groups in total. The van der Waals surface area contributed by atoms with Crippen molar-refractivity contribution in [1.82, 2.24) is 19.7 Å².